The van der Waals surface area contributed by atoms with Crippen LogP contribution < -0.4 is 5.32 Å². The summed E-state index contributed by atoms with van der Waals surface area (Å²) in [5, 5.41) is 3.08. The molecule has 5 nitrogen and oxygen atoms in total. The number of carbonyl (C=O) groups is 2. The maximum atomic E-state index is 12.2. The van der Waals surface area contributed by atoms with Gasteiger partial charge in [-0.1, -0.05) is 31.4 Å². The Morgan fingerprint density at radius 2 is 1.96 bits per heavy atom. The summed E-state index contributed by atoms with van der Waals surface area (Å²) in [5.74, 6) is 1.45. The fourth-order valence-electron chi connectivity index (χ4n) is 3.85. The van der Waals surface area contributed by atoms with Crippen molar-refractivity contribution in [3.63, 3.8) is 0 Å². The van der Waals surface area contributed by atoms with E-state index >= 15 is 0 Å². The van der Waals surface area contributed by atoms with Crippen molar-refractivity contribution in [2.45, 2.75) is 64.8 Å². The normalized spacial score (nSPS) is 16.5. The average Bonchev–Trinajstić information content (AvgIpc) is 3.03. The molecule has 0 spiro atoms. The van der Waals surface area contributed by atoms with E-state index < -0.39 is 0 Å². The van der Waals surface area contributed by atoms with Crippen LogP contribution in [0.4, 0.5) is 0 Å². The van der Waals surface area contributed by atoms with Gasteiger partial charge in [-0.05, 0) is 45.2 Å². The van der Waals surface area contributed by atoms with E-state index in [1.54, 1.807) is 6.92 Å². The molecule has 26 heavy (non-hydrogen) atoms. The van der Waals surface area contributed by atoms with Gasteiger partial charge in [0.2, 0.25) is 5.91 Å². The van der Waals surface area contributed by atoms with Crippen molar-refractivity contribution >= 4 is 22.7 Å². The van der Waals surface area contributed by atoms with Crippen molar-refractivity contribution in [1.82, 2.24) is 14.9 Å². The van der Waals surface area contributed by atoms with Gasteiger partial charge in [0.25, 0.3) is 0 Å². The fourth-order valence-corrected chi connectivity index (χ4v) is 3.85. The lowest BCUT2D eigenvalue weighted by atomic mass is 9.89. The van der Waals surface area contributed by atoms with Gasteiger partial charge in [-0.15, -0.1) is 0 Å². The second kappa shape index (κ2) is 8.47. The van der Waals surface area contributed by atoms with Crippen molar-refractivity contribution < 1.29 is 9.59 Å². The number of rotatable bonds is 7. The number of fused-ring (bicyclic) bond motifs is 1. The zero-order chi connectivity index (χ0) is 18.5. The summed E-state index contributed by atoms with van der Waals surface area (Å²) in [6, 6.07) is 7.70. The first-order valence-corrected chi connectivity index (χ1v) is 9.82. The Labute approximate surface area is 155 Å². The maximum absolute atomic E-state index is 12.2. The van der Waals surface area contributed by atoms with Crippen LogP contribution in [0.15, 0.2) is 24.3 Å². The predicted molar refractivity (Wildman–Crippen MR) is 103 cm³/mol. The Morgan fingerprint density at radius 3 is 2.69 bits per heavy atom. The minimum atomic E-state index is -0.228. The number of aryl methyl sites for hydroxylation is 1. The van der Waals surface area contributed by atoms with Crippen LogP contribution in [-0.4, -0.2) is 27.8 Å². The summed E-state index contributed by atoms with van der Waals surface area (Å²) in [6.45, 7) is 4.20. The molecule has 1 aliphatic rings. The molecule has 140 valence electrons. The first-order valence-electron chi connectivity index (χ1n) is 9.82. The zero-order valence-electron chi connectivity index (χ0n) is 15.8. The maximum Gasteiger partial charge on any atom is 0.223 e. The molecule has 1 fully saturated rings. The van der Waals surface area contributed by atoms with Crippen LogP contribution in [0.5, 0.6) is 0 Å². The smallest absolute Gasteiger partial charge is 0.223 e. The van der Waals surface area contributed by atoms with Crippen LogP contribution in [-0.2, 0) is 16.0 Å². The molecule has 1 amide bonds. The van der Waals surface area contributed by atoms with E-state index in [1.807, 2.05) is 35.8 Å². The number of nitrogens with zero attached hydrogens (tertiary/aromatic N) is 2. The summed E-state index contributed by atoms with van der Waals surface area (Å²) in [7, 11) is 0. The monoisotopic (exact) mass is 355 g/mol. The average molecular weight is 355 g/mol. The van der Waals surface area contributed by atoms with Crippen molar-refractivity contribution in [2.24, 2.45) is 5.92 Å². The standard InChI is InChI=1S/C21H29N3O2/c1-15(16(2)25)24-19-12-7-6-11-18(19)23-20(24)13-8-14-22-21(26)17-9-4-3-5-10-17/h6-7,11-12,15,17H,3-5,8-10,13-14H2,1-2H3,(H,22,26). The molecule has 1 aromatic carbocycles. The van der Waals surface area contributed by atoms with Crippen LogP contribution in [0.3, 0.4) is 0 Å². The molecule has 1 saturated carbocycles. The Kier molecular flexibility index (Phi) is 6.07. The number of ketones is 1. The lowest BCUT2D eigenvalue weighted by Gasteiger charge is -2.20. The highest BCUT2D eigenvalue weighted by Gasteiger charge is 2.21. The Bertz CT molecular complexity index is 775. The number of amides is 1. The van der Waals surface area contributed by atoms with Gasteiger partial charge in [0.1, 0.15) is 5.82 Å². The molecular weight excluding hydrogens is 326 g/mol. The second-order valence-electron chi connectivity index (χ2n) is 7.40. The number of benzene rings is 1. The molecule has 0 saturated heterocycles. The molecule has 0 radical (unpaired) electrons. The molecule has 3 rings (SSSR count). The van der Waals surface area contributed by atoms with Crippen LogP contribution >= 0.6 is 0 Å². The highest BCUT2D eigenvalue weighted by molar-refractivity contribution is 5.84. The number of hydrogen-bond acceptors (Lipinski definition) is 3. The van der Waals surface area contributed by atoms with Crippen molar-refractivity contribution in [2.75, 3.05) is 6.54 Å². The SMILES string of the molecule is CC(=O)C(C)n1c(CCCNC(=O)C2CCCCC2)nc2ccccc21. The number of para-hydroxylation sites is 2. The van der Waals surface area contributed by atoms with E-state index in [-0.39, 0.29) is 23.7 Å². The lowest BCUT2D eigenvalue weighted by Crippen LogP contribution is -2.32. The van der Waals surface area contributed by atoms with Crippen LogP contribution in [0.1, 0.15) is 64.2 Å². The number of aromatic nitrogens is 2. The molecule has 5 heteroatoms. The van der Waals surface area contributed by atoms with Gasteiger partial charge >= 0.3 is 0 Å². The summed E-state index contributed by atoms with van der Waals surface area (Å²) in [5.41, 5.74) is 1.92. The first kappa shape index (κ1) is 18.6. The first-order chi connectivity index (χ1) is 12.6. The van der Waals surface area contributed by atoms with E-state index in [0.717, 1.165) is 42.5 Å². The molecule has 1 unspecified atom stereocenters. The van der Waals surface area contributed by atoms with Gasteiger partial charge in [0, 0.05) is 18.9 Å². The van der Waals surface area contributed by atoms with Gasteiger partial charge in [0.15, 0.2) is 5.78 Å². The molecular formula is C21H29N3O2. The minimum Gasteiger partial charge on any atom is -0.356 e. The Morgan fingerprint density at radius 1 is 1.23 bits per heavy atom. The number of nitrogens with one attached hydrogen (secondary N) is 1. The molecule has 0 bridgehead atoms. The number of imidazole rings is 1. The summed E-state index contributed by atoms with van der Waals surface area (Å²) in [6.07, 6.45) is 7.23. The summed E-state index contributed by atoms with van der Waals surface area (Å²) >= 11 is 0. The largest absolute Gasteiger partial charge is 0.356 e. The quantitative estimate of drug-likeness (QED) is 0.768. The Hall–Kier alpha value is -2.17. The van der Waals surface area contributed by atoms with Crippen molar-refractivity contribution in [3.05, 3.63) is 30.1 Å². The second-order valence-corrected chi connectivity index (χ2v) is 7.40. The zero-order valence-corrected chi connectivity index (χ0v) is 15.8. The predicted octanol–water partition coefficient (Wildman–Crippen LogP) is 3.82. The van der Waals surface area contributed by atoms with E-state index in [0.29, 0.717) is 6.54 Å². The van der Waals surface area contributed by atoms with Crippen molar-refractivity contribution in [3.8, 4) is 0 Å². The highest BCUT2D eigenvalue weighted by Crippen LogP contribution is 2.24. The number of hydrogen-bond donors (Lipinski definition) is 1. The minimum absolute atomic E-state index is 0.125. The molecule has 2 aromatic rings. The fraction of sp³-hybridized carbons (Fsp3) is 0.571. The van der Waals surface area contributed by atoms with E-state index in [9.17, 15) is 9.59 Å². The van der Waals surface area contributed by atoms with Gasteiger partial charge < -0.3 is 9.88 Å². The van der Waals surface area contributed by atoms with E-state index in [2.05, 4.69) is 5.32 Å². The third-order valence-corrected chi connectivity index (χ3v) is 5.50. The van der Waals surface area contributed by atoms with Gasteiger partial charge in [-0.3, -0.25) is 9.59 Å². The van der Waals surface area contributed by atoms with Crippen LogP contribution in [0.2, 0.25) is 0 Å². The molecule has 1 aromatic heterocycles. The molecule has 1 N–H and O–H groups in total. The third-order valence-electron chi connectivity index (χ3n) is 5.50. The molecule has 0 aliphatic heterocycles. The molecule has 1 heterocycles. The van der Waals surface area contributed by atoms with Crippen LogP contribution in [0.25, 0.3) is 11.0 Å². The topological polar surface area (TPSA) is 64.0 Å². The molecule has 1 aliphatic carbocycles. The molecule has 1 atom stereocenters. The number of Topliss-reactive ketones (excluding diaryl/α,β-unsaturated/α-hetero) is 1. The highest BCUT2D eigenvalue weighted by atomic mass is 16.2. The van der Waals surface area contributed by atoms with E-state index in [1.165, 1.54) is 19.3 Å². The van der Waals surface area contributed by atoms with Gasteiger partial charge in [-0.2, -0.15) is 0 Å². The summed E-state index contributed by atoms with van der Waals surface area (Å²) in [4.78, 5) is 28.9. The van der Waals surface area contributed by atoms with E-state index in [4.69, 9.17) is 4.98 Å². The number of carbonyl (C=O) groups excluding carboxylic acids is 2. The summed E-state index contributed by atoms with van der Waals surface area (Å²) < 4.78 is 2.04. The Balaban J connectivity index is 1.62. The van der Waals surface area contributed by atoms with Crippen LogP contribution in [0, 0.1) is 5.92 Å². The van der Waals surface area contributed by atoms with Gasteiger partial charge in [-0.25, -0.2) is 4.98 Å². The van der Waals surface area contributed by atoms with Crippen molar-refractivity contribution in [1.29, 1.82) is 0 Å². The third kappa shape index (κ3) is 4.14. The van der Waals surface area contributed by atoms with Gasteiger partial charge in [0.05, 0.1) is 17.1 Å². The lowest BCUT2D eigenvalue weighted by molar-refractivity contribution is -0.126.